The fourth-order valence-corrected chi connectivity index (χ4v) is 1.59. The summed E-state index contributed by atoms with van der Waals surface area (Å²) < 4.78 is 38.3. The molecule has 1 aromatic heterocycles. The highest BCUT2D eigenvalue weighted by molar-refractivity contribution is 7.99. The van der Waals surface area contributed by atoms with Gasteiger partial charge in [-0.25, -0.2) is 9.97 Å². The number of aromatic nitrogens is 2. The van der Waals surface area contributed by atoms with Gasteiger partial charge in [0.1, 0.15) is 11.6 Å². The van der Waals surface area contributed by atoms with E-state index in [1.807, 2.05) is 20.1 Å². The molecule has 0 bridgehead atoms. The van der Waals surface area contributed by atoms with Crippen molar-refractivity contribution in [3.05, 3.63) is 11.9 Å². The number of thioether (sulfide) groups is 1. The normalized spacial score (nSPS) is 13.1. The Kier molecular flexibility index (Phi) is 6.38. The van der Waals surface area contributed by atoms with Gasteiger partial charge in [-0.15, -0.1) is 0 Å². The summed E-state index contributed by atoms with van der Waals surface area (Å²) in [6.07, 6.45) is -1.80. The zero-order valence-electron chi connectivity index (χ0n) is 11.7. The second kappa shape index (κ2) is 7.56. The zero-order valence-corrected chi connectivity index (χ0v) is 12.5. The SMILES string of the molecule is CCCNc1cc(NCC(C)SC)nc(C(F)(F)F)n1. The number of alkyl halides is 3. The largest absolute Gasteiger partial charge is 0.451 e. The first-order valence-electron chi connectivity index (χ1n) is 6.33. The zero-order chi connectivity index (χ0) is 15.2. The first-order valence-corrected chi connectivity index (χ1v) is 7.62. The van der Waals surface area contributed by atoms with Crippen molar-refractivity contribution >= 4 is 23.4 Å². The molecule has 1 atom stereocenters. The second-order valence-electron chi connectivity index (χ2n) is 4.31. The molecule has 0 amide bonds. The summed E-state index contributed by atoms with van der Waals surface area (Å²) >= 11 is 1.63. The Morgan fingerprint density at radius 3 is 2.35 bits per heavy atom. The fraction of sp³-hybridized carbons (Fsp3) is 0.667. The highest BCUT2D eigenvalue weighted by Crippen LogP contribution is 2.28. The van der Waals surface area contributed by atoms with Crippen LogP contribution >= 0.6 is 11.8 Å². The minimum atomic E-state index is -4.55. The maximum absolute atomic E-state index is 12.8. The Bertz CT molecular complexity index is 426. The van der Waals surface area contributed by atoms with E-state index in [9.17, 15) is 13.2 Å². The summed E-state index contributed by atoms with van der Waals surface area (Å²) in [6, 6.07) is 1.50. The van der Waals surface area contributed by atoms with Crippen molar-refractivity contribution in [1.82, 2.24) is 9.97 Å². The van der Waals surface area contributed by atoms with Gasteiger partial charge in [-0.2, -0.15) is 24.9 Å². The number of rotatable bonds is 7. The maximum Gasteiger partial charge on any atom is 0.451 e. The monoisotopic (exact) mass is 308 g/mol. The molecule has 4 nitrogen and oxygen atoms in total. The number of anilines is 2. The van der Waals surface area contributed by atoms with Gasteiger partial charge < -0.3 is 10.6 Å². The van der Waals surface area contributed by atoms with Gasteiger partial charge in [-0.1, -0.05) is 13.8 Å². The van der Waals surface area contributed by atoms with Crippen LogP contribution in [0.1, 0.15) is 26.1 Å². The van der Waals surface area contributed by atoms with Crippen LogP contribution in [0.2, 0.25) is 0 Å². The summed E-state index contributed by atoms with van der Waals surface area (Å²) in [7, 11) is 0. The molecule has 0 saturated heterocycles. The van der Waals surface area contributed by atoms with E-state index in [0.29, 0.717) is 13.1 Å². The van der Waals surface area contributed by atoms with Crippen molar-refractivity contribution in [3.8, 4) is 0 Å². The van der Waals surface area contributed by atoms with Crippen LogP contribution in [0.4, 0.5) is 24.8 Å². The molecule has 114 valence electrons. The minimum absolute atomic E-state index is 0.187. The average Bonchev–Trinajstić information content (AvgIpc) is 2.41. The molecule has 0 aliphatic heterocycles. The summed E-state index contributed by atoms with van der Waals surface area (Å²) in [5.74, 6) is -0.752. The van der Waals surface area contributed by atoms with E-state index in [1.54, 1.807) is 11.8 Å². The van der Waals surface area contributed by atoms with Gasteiger partial charge in [-0.3, -0.25) is 0 Å². The molecule has 0 aliphatic carbocycles. The van der Waals surface area contributed by atoms with Gasteiger partial charge in [-0.05, 0) is 12.7 Å². The molecule has 2 N–H and O–H groups in total. The first-order chi connectivity index (χ1) is 9.36. The average molecular weight is 308 g/mol. The van der Waals surface area contributed by atoms with Gasteiger partial charge in [0.05, 0.1) is 0 Å². The minimum Gasteiger partial charge on any atom is -0.370 e. The van der Waals surface area contributed by atoms with Crippen LogP contribution in [0.15, 0.2) is 6.07 Å². The number of hydrogen-bond donors (Lipinski definition) is 2. The summed E-state index contributed by atoms with van der Waals surface area (Å²) in [6.45, 7) is 5.02. The summed E-state index contributed by atoms with van der Waals surface area (Å²) in [5, 5.41) is 6.05. The third-order valence-corrected chi connectivity index (χ3v) is 3.48. The lowest BCUT2D eigenvalue weighted by Crippen LogP contribution is -2.18. The van der Waals surface area contributed by atoms with E-state index in [2.05, 4.69) is 20.6 Å². The molecular formula is C12H19F3N4S. The molecule has 0 aromatic carbocycles. The van der Waals surface area contributed by atoms with Crippen molar-refractivity contribution in [1.29, 1.82) is 0 Å². The lowest BCUT2D eigenvalue weighted by molar-refractivity contribution is -0.144. The molecule has 1 aromatic rings. The van der Waals surface area contributed by atoms with Gasteiger partial charge in [0.2, 0.25) is 5.82 Å². The highest BCUT2D eigenvalue weighted by atomic mass is 32.2. The van der Waals surface area contributed by atoms with Crippen molar-refractivity contribution in [3.63, 3.8) is 0 Å². The Morgan fingerprint density at radius 1 is 1.25 bits per heavy atom. The molecule has 8 heteroatoms. The van der Waals surface area contributed by atoms with Gasteiger partial charge in [0.15, 0.2) is 0 Å². The van der Waals surface area contributed by atoms with Crippen LogP contribution < -0.4 is 10.6 Å². The molecule has 0 aliphatic rings. The van der Waals surface area contributed by atoms with Gasteiger partial charge in [0.25, 0.3) is 0 Å². The smallest absolute Gasteiger partial charge is 0.370 e. The number of halogens is 3. The molecule has 1 heterocycles. The number of nitrogens with one attached hydrogen (secondary N) is 2. The third kappa shape index (κ3) is 5.44. The molecule has 0 radical (unpaired) electrons. The summed E-state index contributed by atoms with van der Waals surface area (Å²) in [5.41, 5.74) is 0. The molecule has 0 spiro atoms. The Morgan fingerprint density at radius 2 is 1.85 bits per heavy atom. The lowest BCUT2D eigenvalue weighted by Gasteiger charge is -2.14. The molecule has 1 rings (SSSR count). The van der Waals surface area contributed by atoms with E-state index in [1.165, 1.54) is 6.07 Å². The predicted octanol–water partition coefficient (Wildman–Crippen LogP) is 3.48. The number of hydrogen-bond acceptors (Lipinski definition) is 5. The van der Waals surface area contributed by atoms with E-state index in [0.717, 1.165) is 6.42 Å². The van der Waals surface area contributed by atoms with Crippen LogP contribution in [0.5, 0.6) is 0 Å². The molecule has 0 fully saturated rings. The quantitative estimate of drug-likeness (QED) is 0.807. The maximum atomic E-state index is 12.8. The highest BCUT2D eigenvalue weighted by Gasteiger charge is 2.35. The predicted molar refractivity (Wildman–Crippen MR) is 77.3 cm³/mol. The Balaban J connectivity index is 2.91. The van der Waals surface area contributed by atoms with Gasteiger partial charge in [0, 0.05) is 24.4 Å². The molecule has 20 heavy (non-hydrogen) atoms. The van der Waals surface area contributed by atoms with Crippen molar-refractivity contribution < 1.29 is 13.2 Å². The van der Waals surface area contributed by atoms with Crippen molar-refractivity contribution in [2.75, 3.05) is 30.0 Å². The van der Waals surface area contributed by atoms with Crippen molar-refractivity contribution in [2.24, 2.45) is 0 Å². The van der Waals surface area contributed by atoms with Crippen LogP contribution in [-0.4, -0.2) is 34.6 Å². The van der Waals surface area contributed by atoms with Crippen molar-refractivity contribution in [2.45, 2.75) is 31.7 Å². The van der Waals surface area contributed by atoms with E-state index in [4.69, 9.17) is 0 Å². The van der Waals surface area contributed by atoms with Crippen LogP contribution in [0.25, 0.3) is 0 Å². The topological polar surface area (TPSA) is 49.8 Å². The molecule has 1 unspecified atom stereocenters. The number of nitrogens with zero attached hydrogens (tertiary/aromatic N) is 2. The molecular weight excluding hydrogens is 289 g/mol. The van der Waals surface area contributed by atoms with E-state index < -0.39 is 12.0 Å². The van der Waals surface area contributed by atoms with E-state index >= 15 is 0 Å². The van der Waals surface area contributed by atoms with E-state index in [-0.39, 0.29) is 16.9 Å². The van der Waals surface area contributed by atoms with Crippen LogP contribution in [0.3, 0.4) is 0 Å². The first kappa shape index (κ1) is 16.9. The molecule has 0 saturated carbocycles. The van der Waals surface area contributed by atoms with Crippen LogP contribution in [0, 0.1) is 0 Å². The Labute approximate surface area is 121 Å². The Hall–Kier alpha value is -1.18. The standard InChI is InChI=1S/C12H19F3N4S/c1-4-5-16-9-6-10(17-7-8(2)20-3)19-11(18-9)12(13,14)15/h6,8H,4-5,7H2,1-3H3,(H2,16,17,18,19). The third-order valence-electron chi connectivity index (χ3n) is 2.51. The van der Waals surface area contributed by atoms with Crippen LogP contribution in [-0.2, 0) is 6.18 Å². The van der Waals surface area contributed by atoms with Gasteiger partial charge >= 0.3 is 6.18 Å². The fourth-order valence-electron chi connectivity index (χ4n) is 1.34. The second-order valence-corrected chi connectivity index (χ2v) is 5.59. The summed E-state index contributed by atoms with van der Waals surface area (Å²) in [4.78, 5) is 7.02. The lowest BCUT2D eigenvalue weighted by atomic mass is 10.4.